The normalized spacial score (nSPS) is 18.0. The molecule has 0 saturated heterocycles. The molecule has 1 saturated carbocycles. The summed E-state index contributed by atoms with van der Waals surface area (Å²) in [6.45, 7) is 0.719. The van der Waals surface area contributed by atoms with E-state index in [0.717, 1.165) is 24.3 Å². The average Bonchev–Trinajstić information content (AvgIpc) is 3.44. The van der Waals surface area contributed by atoms with Gasteiger partial charge >= 0.3 is 0 Å². The van der Waals surface area contributed by atoms with Gasteiger partial charge in [0.05, 0.1) is 0 Å². The van der Waals surface area contributed by atoms with Crippen molar-refractivity contribution >= 4 is 17.3 Å². The summed E-state index contributed by atoms with van der Waals surface area (Å²) in [4.78, 5) is 12.6. The Labute approximate surface area is 159 Å². The Kier molecular flexibility index (Phi) is 4.90. The SMILES string of the molecule is N[C@@H]1C[C@H]1c1ccc(NC(=O)c2cccc(NCc3ccccc3)c2)cc1. The van der Waals surface area contributed by atoms with E-state index in [-0.39, 0.29) is 11.9 Å². The molecule has 27 heavy (non-hydrogen) atoms. The summed E-state index contributed by atoms with van der Waals surface area (Å²) in [6, 6.07) is 26.0. The average molecular weight is 357 g/mol. The molecule has 1 aliphatic rings. The van der Waals surface area contributed by atoms with Crippen LogP contribution in [0, 0.1) is 0 Å². The number of hydrogen-bond donors (Lipinski definition) is 3. The van der Waals surface area contributed by atoms with Gasteiger partial charge in [0.25, 0.3) is 5.91 Å². The molecule has 4 heteroatoms. The molecule has 4 nitrogen and oxygen atoms in total. The third-order valence-electron chi connectivity index (χ3n) is 4.90. The van der Waals surface area contributed by atoms with Gasteiger partial charge in [-0.05, 0) is 47.9 Å². The molecular formula is C23H23N3O. The summed E-state index contributed by atoms with van der Waals surface area (Å²) in [7, 11) is 0. The van der Waals surface area contributed by atoms with Crippen molar-refractivity contribution in [2.45, 2.75) is 24.9 Å². The number of carbonyl (C=O) groups excluding carboxylic acids is 1. The maximum atomic E-state index is 12.6. The summed E-state index contributed by atoms with van der Waals surface area (Å²) in [5, 5.41) is 6.32. The number of nitrogens with two attached hydrogens (primary N) is 1. The van der Waals surface area contributed by atoms with Crippen LogP contribution in [-0.4, -0.2) is 11.9 Å². The minimum absolute atomic E-state index is 0.116. The molecule has 136 valence electrons. The molecular weight excluding hydrogens is 334 g/mol. The minimum Gasteiger partial charge on any atom is -0.381 e. The first kappa shape index (κ1) is 17.3. The van der Waals surface area contributed by atoms with Crippen molar-refractivity contribution in [2.24, 2.45) is 5.73 Å². The summed E-state index contributed by atoms with van der Waals surface area (Å²) < 4.78 is 0. The predicted octanol–water partition coefficient (Wildman–Crippen LogP) is 4.37. The molecule has 4 N–H and O–H groups in total. The van der Waals surface area contributed by atoms with Gasteiger partial charge in [0.15, 0.2) is 0 Å². The van der Waals surface area contributed by atoms with Gasteiger partial charge in [-0.25, -0.2) is 0 Å². The van der Waals surface area contributed by atoms with Crippen LogP contribution < -0.4 is 16.4 Å². The van der Waals surface area contributed by atoms with E-state index in [0.29, 0.717) is 11.5 Å². The van der Waals surface area contributed by atoms with E-state index in [1.54, 1.807) is 0 Å². The second kappa shape index (κ2) is 7.64. The highest BCUT2D eigenvalue weighted by Gasteiger charge is 2.34. The number of rotatable bonds is 6. The lowest BCUT2D eigenvalue weighted by atomic mass is 10.1. The van der Waals surface area contributed by atoms with Crippen LogP contribution in [0.2, 0.25) is 0 Å². The standard InChI is InChI=1S/C23H23N3O/c24-22-14-21(22)17-9-11-19(12-10-17)26-23(27)18-7-4-8-20(13-18)25-15-16-5-2-1-3-6-16/h1-13,21-22,25H,14-15,24H2,(H,26,27)/t21-,22+/m0/s1. The number of amides is 1. The van der Waals surface area contributed by atoms with Crippen LogP contribution in [0.3, 0.4) is 0 Å². The fraction of sp³-hybridized carbons (Fsp3) is 0.174. The number of nitrogens with one attached hydrogen (secondary N) is 2. The molecule has 0 spiro atoms. The lowest BCUT2D eigenvalue weighted by Gasteiger charge is -2.10. The molecule has 0 bridgehead atoms. The lowest BCUT2D eigenvalue weighted by molar-refractivity contribution is 0.102. The van der Waals surface area contributed by atoms with Gasteiger partial charge in [-0.15, -0.1) is 0 Å². The fourth-order valence-electron chi connectivity index (χ4n) is 3.19. The Morgan fingerprint density at radius 1 is 0.926 bits per heavy atom. The topological polar surface area (TPSA) is 67.1 Å². The molecule has 0 aliphatic heterocycles. The van der Waals surface area contributed by atoms with Gasteiger partial charge in [-0.3, -0.25) is 4.79 Å². The van der Waals surface area contributed by atoms with E-state index >= 15 is 0 Å². The first-order valence-electron chi connectivity index (χ1n) is 9.24. The summed E-state index contributed by atoms with van der Waals surface area (Å²) in [5.74, 6) is 0.358. The van der Waals surface area contributed by atoms with Crippen molar-refractivity contribution < 1.29 is 4.79 Å². The van der Waals surface area contributed by atoms with Crippen molar-refractivity contribution in [3.8, 4) is 0 Å². The molecule has 2 atom stereocenters. The highest BCUT2D eigenvalue weighted by atomic mass is 16.1. The quantitative estimate of drug-likeness (QED) is 0.614. The summed E-state index contributed by atoms with van der Waals surface area (Å²) in [6.07, 6.45) is 1.05. The lowest BCUT2D eigenvalue weighted by Crippen LogP contribution is -2.12. The van der Waals surface area contributed by atoms with Gasteiger partial charge in [0.2, 0.25) is 0 Å². The smallest absolute Gasteiger partial charge is 0.255 e. The van der Waals surface area contributed by atoms with E-state index in [1.807, 2.05) is 66.7 Å². The van der Waals surface area contributed by atoms with E-state index in [1.165, 1.54) is 11.1 Å². The van der Waals surface area contributed by atoms with Gasteiger partial charge in [-0.1, -0.05) is 48.5 Å². The number of hydrogen-bond acceptors (Lipinski definition) is 3. The van der Waals surface area contributed by atoms with Crippen molar-refractivity contribution in [1.29, 1.82) is 0 Å². The Morgan fingerprint density at radius 2 is 1.67 bits per heavy atom. The zero-order valence-corrected chi connectivity index (χ0v) is 15.1. The zero-order valence-electron chi connectivity index (χ0n) is 15.1. The predicted molar refractivity (Wildman–Crippen MR) is 110 cm³/mol. The van der Waals surface area contributed by atoms with Crippen LogP contribution in [0.4, 0.5) is 11.4 Å². The molecule has 1 amide bonds. The Hall–Kier alpha value is -3.11. The molecule has 0 aromatic heterocycles. The zero-order chi connectivity index (χ0) is 18.6. The van der Waals surface area contributed by atoms with Crippen molar-refractivity contribution in [3.63, 3.8) is 0 Å². The monoisotopic (exact) mass is 357 g/mol. The highest BCUT2D eigenvalue weighted by molar-refractivity contribution is 6.04. The van der Waals surface area contributed by atoms with Gasteiger partial charge in [0.1, 0.15) is 0 Å². The molecule has 1 aliphatic carbocycles. The molecule has 3 aromatic rings. The van der Waals surface area contributed by atoms with E-state index in [9.17, 15) is 4.79 Å². The Balaban J connectivity index is 1.38. The number of carbonyl (C=O) groups is 1. The van der Waals surface area contributed by atoms with Crippen LogP contribution >= 0.6 is 0 Å². The van der Waals surface area contributed by atoms with Crippen LogP contribution in [0.15, 0.2) is 78.9 Å². The fourth-order valence-corrected chi connectivity index (χ4v) is 3.19. The second-order valence-corrected chi connectivity index (χ2v) is 7.00. The first-order chi connectivity index (χ1) is 13.2. The third kappa shape index (κ3) is 4.36. The van der Waals surface area contributed by atoms with Gasteiger partial charge in [0, 0.05) is 35.4 Å². The molecule has 0 unspecified atom stereocenters. The van der Waals surface area contributed by atoms with E-state index in [2.05, 4.69) is 22.8 Å². The number of benzene rings is 3. The highest BCUT2D eigenvalue weighted by Crippen LogP contribution is 2.39. The van der Waals surface area contributed by atoms with Crippen LogP contribution in [0.25, 0.3) is 0 Å². The first-order valence-corrected chi connectivity index (χ1v) is 9.24. The van der Waals surface area contributed by atoms with Crippen LogP contribution in [-0.2, 0) is 6.54 Å². The van der Waals surface area contributed by atoms with Crippen molar-refractivity contribution in [2.75, 3.05) is 10.6 Å². The Morgan fingerprint density at radius 3 is 2.37 bits per heavy atom. The maximum absolute atomic E-state index is 12.6. The van der Waals surface area contributed by atoms with Crippen molar-refractivity contribution in [1.82, 2.24) is 0 Å². The van der Waals surface area contributed by atoms with Crippen LogP contribution in [0.1, 0.15) is 33.8 Å². The minimum atomic E-state index is -0.116. The number of anilines is 2. The van der Waals surface area contributed by atoms with E-state index < -0.39 is 0 Å². The van der Waals surface area contributed by atoms with Crippen molar-refractivity contribution in [3.05, 3.63) is 95.6 Å². The van der Waals surface area contributed by atoms with Gasteiger partial charge in [-0.2, -0.15) is 0 Å². The third-order valence-corrected chi connectivity index (χ3v) is 4.90. The second-order valence-electron chi connectivity index (χ2n) is 7.00. The summed E-state index contributed by atoms with van der Waals surface area (Å²) >= 11 is 0. The maximum Gasteiger partial charge on any atom is 0.255 e. The summed E-state index contributed by atoms with van der Waals surface area (Å²) in [5.41, 5.74) is 10.7. The molecule has 0 radical (unpaired) electrons. The molecule has 1 fully saturated rings. The molecule has 4 rings (SSSR count). The molecule has 0 heterocycles. The largest absolute Gasteiger partial charge is 0.381 e. The molecule has 3 aromatic carbocycles. The van der Waals surface area contributed by atoms with E-state index in [4.69, 9.17) is 5.73 Å². The van der Waals surface area contributed by atoms with Crippen LogP contribution in [0.5, 0.6) is 0 Å². The Bertz CT molecular complexity index is 922. The van der Waals surface area contributed by atoms with Gasteiger partial charge < -0.3 is 16.4 Å².